The Morgan fingerprint density at radius 2 is 1.85 bits per heavy atom. The van der Waals surface area contributed by atoms with Crippen LogP contribution in [0, 0.1) is 0 Å². The van der Waals surface area contributed by atoms with Crippen molar-refractivity contribution < 1.29 is 0 Å². The number of benzene rings is 1. The average molecular weight is 343 g/mol. The number of rotatable bonds is 2. The maximum atomic E-state index is 13.0. The third-order valence-electron chi connectivity index (χ3n) is 4.28. The van der Waals surface area contributed by atoms with Crippen molar-refractivity contribution in [3.63, 3.8) is 0 Å². The number of pyridine rings is 1. The van der Waals surface area contributed by atoms with E-state index in [0.717, 1.165) is 5.56 Å². The van der Waals surface area contributed by atoms with Crippen LogP contribution < -0.4 is 11.3 Å². The van der Waals surface area contributed by atoms with Gasteiger partial charge in [-0.25, -0.2) is 23.8 Å². The lowest BCUT2D eigenvalue weighted by atomic mass is 10.2. The molecule has 0 aliphatic carbocycles. The van der Waals surface area contributed by atoms with Gasteiger partial charge in [-0.15, -0.1) is 0 Å². The molecule has 8 nitrogen and oxygen atoms in total. The van der Waals surface area contributed by atoms with E-state index >= 15 is 0 Å². The highest BCUT2D eigenvalue weighted by Crippen LogP contribution is 2.19. The van der Waals surface area contributed by atoms with E-state index in [-0.39, 0.29) is 11.5 Å². The highest BCUT2D eigenvalue weighted by Gasteiger charge is 2.12. The van der Waals surface area contributed by atoms with Gasteiger partial charge in [0, 0.05) is 24.0 Å². The second-order valence-electron chi connectivity index (χ2n) is 5.82. The van der Waals surface area contributed by atoms with Crippen LogP contribution in [0.3, 0.4) is 0 Å². The number of nitrogens with two attached hydrogens (primary N) is 1. The molecule has 0 radical (unpaired) electrons. The summed E-state index contributed by atoms with van der Waals surface area (Å²) in [7, 11) is 0. The number of nitrogens with zero attached hydrogens (tertiary/aromatic N) is 6. The summed E-state index contributed by atoms with van der Waals surface area (Å²) in [4.78, 5) is 21.6. The molecule has 0 aliphatic heterocycles. The van der Waals surface area contributed by atoms with Crippen molar-refractivity contribution in [1.29, 1.82) is 0 Å². The molecule has 0 saturated carbocycles. The van der Waals surface area contributed by atoms with Crippen LogP contribution in [-0.2, 0) is 0 Å². The zero-order valence-corrected chi connectivity index (χ0v) is 13.5. The van der Waals surface area contributed by atoms with Crippen LogP contribution in [0.5, 0.6) is 0 Å². The van der Waals surface area contributed by atoms with Crippen LogP contribution >= 0.6 is 0 Å². The van der Waals surface area contributed by atoms with Gasteiger partial charge in [-0.3, -0.25) is 4.79 Å². The lowest BCUT2D eigenvalue weighted by molar-refractivity contribution is 0.645. The number of hydrogen-bond acceptors (Lipinski definition) is 5. The first-order chi connectivity index (χ1) is 12.7. The third-order valence-corrected chi connectivity index (χ3v) is 4.28. The number of fused-ring (bicyclic) bond motifs is 3. The molecule has 4 heterocycles. The van der Waals surface area contributed by atoms with E-state index in [1.807, 2.05) is 30.3 Å². The Hall–Kier alpha value is -3.94. The molecule has 0 unspecified atom stereocenters. The molecule has 0 aliphatic rings. The van der Waals surface area contributed by atoms with Crippen molar-refractivity contribution in [2.75, 3.05) is 5.73 Å². The van der Waals surface area contributed by atoms with E-state index in [1.165, 1.54) is 9.35 Å². The molecule has 2 N–H and O–H groups in total. The van der Waals surface area contributed by atoms with Gasteiger partial charge in [-0.05, 0) is 6.07 Å². The molecule has 0 saturated heterocycles. The second-order valence-corrected chi connectivity index (χ2v) is 5.82. The quantitative estimate of drug-likeness (QED) is 0.527. The van der Waals surface area contributed by atoms with Crippen molar-refractivity contribution >= 4 is 22.5 Å². The number of anilines is 1. The average Bonchev–Trinajstić information content (AvgIpc) is 3.29. The lowest BCUT2D eigenvalue weighted by Crippen LogP contribution is -2.26. The minimum Gasteiger partial charge on any atom is -0.368 e. The van der Waals surface area contributed by atoms with Crippen molar-refractivity contribution in [1.82, 2.24) is 28.9 Å². The normalized spacial score (nSPS) is 11.4. The predicted octanol–water partition coefficient (Wildman–Crippen LogP) is 1.80. The summed E-state index contributed by atoms with van der Waals surface area (Å²) < 4.78 is 4.57. The molecule has 8 heteroatoms. The third kappa shape index (κ3) is 2.02. The molecule has 0 spiro atoms. The maximum Gasteiger partial charge on any atom is 0.280 e. The van der Waals surface area contributed by atoms with E-state index < -0.39 is 0 Å². The van der Waals surface area contributed by atoms with Crippen molar-refractivity contribution in [2.45, 2.75) is 0 Å². The summed E-state index contributed by atoms with van der Waals surface area (Å²) in [5.74, 6) is 0.221. The fourth-order valence-electron chi connectivity index (χ4n) is 3.02. The highest BCUT2D eigenvalue weighted by atomic mass is 16.1. The first-order valence-corrected chi connectivity index (χ1v) is 7.97. The van der Waals surface area contributed by atoms with Gasteiger partial charge in [0.05, 0.1) is 29.0 Å². The van der Waals surface area contributed by atoms with Gasteiger partial charge in [0.1, 0.15) is 0 Å². The second kappa shape index (κ2) is 5.28. The van der Waals surface area contributed by atoms with Crippen LogP contribution in [0.4, 0.5) is 5.95 Å². The Labute approximate surface area is 146 Å². The molecule has 0 atom stereocenters. The van der Waals surface area contributed by atoms with Crippen molar-refractivity contribution in [2.24, 2.45) is 0 Å². The van der Waals surface area contributed by atoms with Crippen molar-refractivity contribution in [3.8, 4) is 11.3 Å². The van der Waals surface area contributed by atoms with E-state index in [4.69, 9.17) is 5.73 Å². The number of aromatic nitrogens is 6. The van der Waals surface area contributed by atoms with Crippen LogP contribution in [0.25, 0.3) is 27.8 Å². The standard InChI is InChI=1S/C18H13N7O/c19-18-22-14(12-4-2-1-3-5-12)11-24(18)23-9-7-15-13(17(23)26)10-20-16-6-8-21-25(15)16/h1-11H,(H2,19,22). The van der Waals surface area contributed by atoms with E-state index in [1.54, 1.807) is 41.4 Å². The fourth-order valence-corrected chi connectivity index (χ4v) is 3.02. The summed E-state index contributed by atoms with van der Waals surface area (Å²) >= 11 is 0. The van der Waals surface area contributed by atoms with Crippen LogP contribution in [0.15, 0.2) is 72.0 Å². The Kier molecular flexibility index (Phi) is 2.93. The summed E-state index contributed by atoms with van der Waals surface area (Å²) in [5.41, 5.74) is 8.78. The molecule has 5 aromatic rings. The van der Waals surface area contributed by atoms with E-state index in [0.29, 0.717) is 22.2 Å². The zero-order chi connectivity index (χ0) is 17.7. The number of nitrogen functional groups attached to an aromatic ring is 1. The van der Waals surface area contributed by atoms with Crippen LogP contribution in [-0.4, -0.2) is 28.9 Å². The summed E-state index contributed by atoms with van der Waals surface area (Å²) in [5, 5.41) is 4.66. The lowest BCUT2D eigenvalue weighted by Gasteiger charge is -2.09. The molecule has 4 aromatic heterocycles. The molecular formula is C18H13N7O. The van der Waals surface area contributed by atoms with Gasteiger partial charge in [0.15, 0.2) is 5.65 Å². The molecule has 5 rings (SSSR count). The molecule has 26 heavy (non-hydrogen) atoms. The van der Waals surface area contributed by atoms with E-state index in [2.05, 4.69) is 15.1 Å². The molecule has 0 bridgehead atoms. The maximum absolute atomic E-state index is 13.0. The number of imidazole rings is 1. The SMILES string of the molecule is Nc1nc(-c2ccccc2)cn1-n1ccc2c(cnc3ccnn32)c1=O. The van der Waals surface area contributed by atoms with E-state index in [9.17, 15) is 4.79 Å². The predicted molar refractivity (Wildman–Crippen MR) is 97.6 cm³/mol. The van der Waals surface area contributed by atoms with Crippen LogP contribution in [0.2, 0.25) is 0 Å². The topological polar surface area (TPSA) is 96.0 Å². The molecule has 0 fully saturated rings. The minimum atomic E-state index is -0.254. The van der Waals surface area contributed by atoms with Crippen LogP contribution in [0.1, 0.15) is 0 Å². The Balaban J connectivity index is 1.72. The first-order valence-electron chi connectivity index (χ1n) is 7.97. The molecule has 0 amide bonds. The minimum absolute atomic E-state index is 0.221. The van der Waals surface area contributed by atoms with Gasteiger partial charge in [-0.1, -0.05) is 30.3 Å². The summed E-state index contributed by atoms with van der Waals surface area (Å²) in [6.07, 6.45) is 6.58. The largest absolute Gasteiger partial charge is 0.368 e. The van der Waals surface area contributed by atoms with Gasteiger partial charge < -0.3 is 5.73 Å². The molecule has 126 valence electrons. The van der Waals surface area contributed by atoms with Gasteiger partial charge in [-0.2, -0.15) is 5.10 Å². The van der Waals surface area contributed by atoms with Crippen molar-refractivity contribution in [3.05, 3.63) is 77.6 Å². The summed E-state index contributed by atoms with van der Waals surface area (Å²) in [6.45, 7) is 0. The summed E-state index contributed by atoms with van der Waals surface area (Å²) in [6, 6.07) is 13.2. The van der Waals surface area contributed by atoms with Gasteiger partial charge >= 0.3 is 0 Å². The fraction of sp³-hybridized carbons (Fsp3) is 0. The highest BCUT2D eigenvalue weighted by molar-refractivity contribution is 5.79. The van der Waals surface area contributed by atoms with Gasteiger partial charge in [0.2, 0.25) is 5.95 Å². The Morgan fingerprint density at radius 1 is 1.00 bits per heavy atom. The number of hydrogen-bond donors (Lipinski definition) is 1. The molecule has 1 aromatic carbocycles. The molecular weight excluding hydrogens is 330 g/mol. The van der Waals surface area contributed by atoms with Gasteiger partial charge in [0.25, 0.3) is 5.56 Å². The monoisotopic (exact) mass is 343 g/mol. The Morgan fingerprint density at radius 3 is 2.69 bits per heavy atom. The first kappa shape index (κ1) is 14.4. The smallest absolute Gasteiger partial charge is 0.280 e. The Bertz CT molecular complexity index is 1310. The zero-order valence-electron chi connectivity index (χ0n) is 13.5.